The summed E-state index contributed by atoms with van der Waals surface area (Å²) in [6.07, 6.45) is 3.25. The third-order valence-electron chi connectivity index (χ3n) is 2.73. The number of nitrogens with zero attached hydrogens (tertiary/aromatic N) is 1. The molecule has 0 atom stereocenters. The van der Waals surface area contributed by atoms with E-state index in [0.29, 0.717) is 6.54 Å². The van der Waals surface area contributed by atoms with Gasteiger partial charge >= 0.3 is 0 Å². The average Bonchev–Trinajstić information content (AvgIpc) is 2.90. The Hall–Kier alpha value is -2.30. The fourth-order valence-electron chi connectivity index (χ4n) is 1.63. The molecule has 2 aromatic rings. The Bertz CT molecular complexity index is 550. The molecule has 0 saturated carbocycles. The Balaban J connectivity index is 1.81. The third kappa shape index (κ3) is 3.84. The lowest BCUT2D eigenvalue weighted by molar-refractivity contribution is -0.123. The number of carbonyl (C=O) groups excluding carboxylic acids is 1. The molecule has 0 aliphatic rings. The van der Waals surface area contributed by atoms with Gasteiger partial charge in [0.1, 0.15) is 5.75 Å². The number of aromatic amines is 1. The molecule has 1 aromatic carbocycles. The highest BCUT2D eigenvalue weighted by Gasteiger charge is 2.05. The molecule has 2 N–H and O–H groups in total. The van der Waals surface area contributed by atoms with Gasteiger partial charge in [-0.25, -0.2) is 4.98 Å². The molecule has 0 aliphatic carbocycles. The number of aromatic nitrogens is 2. The monoisotopic (exact) mass is 259 g/mol. The van der Waals surface area contributed by atoms with Gasteiger partial charge < -0.3 is 15.0 Å². The maximum atomic E-state index is 11.6. The van der Waals surface area contributed by atoms with Crippen LogP contribution in [0.2, 0.25) is 0 Å². The van der Waals surface area contributed by atoms with Crippen molar-refractivity contribution in [3.8, 4) is 5.75 Å². The fourth-order valence-corrected chi connectivity index (χ4v) is 1.63. The number of rotatable bonds is 5. The van der Waals surface area contributed by atoms with E-state index >= 15 is 0 Å². The minimum Gasteiger partial charge on any atom is -0.483 e. The minimum atomic E-state index is -0.157. The van der Waals surface area contributed by atoms with Crippen LogP contribution in [0.3, 0.4) is 0 Å². The van der Waals surface area contributed by atoms with Gasteiger partial charge in [-0.2, -0.15) is 0 Å². The molecule has 0 radical (unpaired) electrons. The molecule has 2 rings (SSSR count). The summed E-state index contributed by atoms with van der Waals surface area (Å²) < 4.78 is 5.51. The van der Waals surface area contributed by atoms with E-state index in [1.54, 1.807) is 12.5 Å². The Morgan fingerprint density at radius 2 is 2.26 bits per heavy atom. The van der Waals surface area contributed by atoms with Crippen LogP contribution in [-0.2, 0) is 11.3 Å². The molecule has 19 heavy (non-hydrogen) atoms. The van der Waals surface area contributed by atoms with Crippen LogP contribution >= 0.6 is 0 Å². The first-order valence-electron chi connectivity index (χ1n) is 6.09. The van der Waals surface area contributed by atoms with E-state index in [-0.39, 0.29) is 12.5 Å². The number of carbonyl (C=O) groups is 1. The maximum Gasteiger partial charge on any atom is 0.258 e. The molecule has 1 heterocycles. The molecule has 0 aliphatic heterocycles. The smallest absolute Gasteiger partial charge is 0.258 e. The molecular weight excluding hydrogens is 242 g/mol. The largest absolute Gasteiger partial charge is 0.483 e. The number of nitrogens with one attached hydrogen (secondary N) is 2. The van der Waals surface area contributed by atoms with Crippen LogP contribution in [0.25, 0.3) is 0 Å². The lowest BCUT2D eigenvalue weighted by atomic mass is 10.1. The molecule has 0 saturated heterocycles. The molecule has 5 heteroatoms. The minimum absolute atomic E-state index is 0.0123. The van der Waals surface area contributed by atoms with Gasteiger partial charge in [0, 0.05) is 6.20 Å². The lowest BCUT2D eigenvalue weighted by Gasteiger charge is -2.10. The molecule has 5 nitrogen and oxygen atoms in total. The van der Waals surface area contributed by atoms with Gasteiger partial charge in [-0.05, 0) is 31.0 Å². The van der Waals surface area contributed by atoms with Gasteiger partial charge in [-0.15, -0.1) is 0 Å². The first-order valence-corrected chi connectivity index (χ1v) is 6.09. The topological polar surface area (TPSA) is 67.0 Å². The van der Waals surface area contributed by atoms with Crippen LogP contribution in [0.5, 0.6) is 5.75 Å². The third-order valence-corrected chi connectivity index (χ3v) is 2.73. The number of ether oxygens (including phenoxy) is 1. The zero-order chi connectivity index (χ0) is 13.7. The zero-order valence-electron chi connectivity index (χ0n) is 11.1. The molecule has 0 unspecified atom stereocenters. The summed E-state index contributed by atoms with van der Waals surface area (Å²) in [5.74, 6) is 0.590. The van der Waals surface area contributed by atoms with Crippen molar-refractivity contribution in [2.45, 2.75) is 20.4 Å². The van der Waals surface area contributed by atoms with Crippen molar-refractivity contribution in [1.82, 2.24) is 15.3 Å². The quantitative estimate of drug-likeness (QED) is 0.859. The number of hydrogen-bond acceptors (Lipinski definition) is 3. The van der Waals surface area contributed by atoms with Crippen LogP contribution in [0, 0.1) is 13.8 Å². The van der Waals surface area contributed by atoms with E-state index in [1.807, 2.05) is 32.0 Å². The van der Waals surface area contributed by atoms with Gasteiger partial charge in [0.05, 0.1) is 18.6 Å². The Kier molecular flexibility index (Phi) is 4.18. The van der Waals surface area contributed by atoms with E-state index in [4.69, 9.17) is 4.74 Å². The summed E-state index contributed by atoms with van der Waals surface area (Å²) in [5, 5.41) is 2.75. The van der Waals surface area contributed by atoms with E-state index in [2.05, 4.69) is 15.3 Å². The fraction of sp³-hybridized carbons (Fsp3) is 0.286. The molecule has 0 bridgehead atoms. The zero-order valence-corrected chi connectivity index (χ0v) is 11.1. The van der Waals surface area contributed by atoms with E-state index in [9.17, 15) is 4.79 Å². The number of imidazole rings is 1. The molecule has 0 fully saturated rings. The van der Waals surface area contributed by atoms with Crippen molar-refractivity contribution < 1.29 is 9.53 Å². The number of amides is 1. The molecule has 1 amide bonds. The second-order valence-corrected chi connectivity index (χ2v) is 4.41. The van der Waals surface area contributed by atoms with Crippen LogP contribution < -0.4 is 10.1 Å². The summed E-state index contributed by atoms with van der Waals surface area (Å²) in [7, 11) is 0. The highest BCUT2D eigenvalue weighted by Crippen LogP contribution is 2.18. The normalized spacial score (nSPS) is 10.2. The Morgan fingerprint density at radius 3 is 3.00 bits per heavy atom. The van der Waals surface area contributed by atoms with Crippen molar-refractivity contribution in [3.05, 3.63) is 47.5 Å². The van der Waals surface area contributed by atoms with Crippen LogP contribution in [-0.4, -0.2) is 22.5 Å². The van der Waals surface area contributed by atoms with Crippen LogP contribution in [0.1, 0.15) is 16.8 Å². The van der Waals surface area contributed by atoms with Gasteiger partial charge in [-0.1, -0.05) is 12.1 Å². The first-order chi connectivity index (χ1) is 9.15. The second kappa shape index (κ2) is 6.04. The summed E-state index contributed by atoms with van der Waals surface area (Å²) in [5.41, 5.74) is 2.99. The number of aryl methyl sites for hydroxylation is 2. The lowest BCUT2D eigenvalue weighted by Crippen LogP contribution is -2.28. The van der Waals surface area contributed by atoms with E-state index in [1.165, 1.54) is 0 Å². The van der Waals surface area contributed by atoms with Crippen LogP contribution in [0.4, 0.5) is 0 Å². The second-order valence-electron chi connectivity index (χ2n) is 4.41. The Labute approximate surface area is 112 Å². The van der Waals surface area contributed by atoms with Gasteiger partial charge in [-0.3, -0.25) is 4.79 Å². The van der Waals surface area contributed by atoms with Gasteiger partial charge in [0.15, 0.2) is 6.61 Å². The number of hydrogen-bond donors (Lipinski definition) is 2. The highest BCUT2D eigenvalue weighted by molar-refractivity contribution is 5.77. The summed E-state index contributed by atoms with van der Waals surface area (Å²) in [6, 6.07) is 5.92. The predicted octanol–water partition coefficient (Wildman–Crippen LogP) is 1.72. The molecular formula is C14H17N3O2. The summed E-state index contributed by atoms with van der Waals surface area (Å²) >= 11 is 0. The number of H-pyrrole nitrogens is 1. The van der Waals surface area contributed by atoms with Crippen molar-refractivity contribution in [2.24, 2.45) is 0 Å². The molecule has 1 aromatic heterocycles. The van der Waals surface area contributed by atoms with Crippen molar-refractivity contribution in [3.63, 3.8) is 0 Å². The SMILES string of the molecule is Cc1ccc(C)c(OCC(=O)NCc2cnc[nH]2)c1. The highest BCUT2D eigenvalue weighted by atomic mass is 16.5. The van der Waals surface area contributed by atoms with Crippen molar-refractivity contribution >= 4 is 5.91 Å². The van der Waals surface area contributed by atoms with Gasteiger partial charge in [0.25, 0.3) is 5.91 Å². The maximum absolute atomic E-state index is 11.6. The summed E-state index contributed by atoms with van der Waals surface area (Å²) in [4.78, 5) is 18.4. The summed E-state index contributed by atoms with van der Waals surface area (Å²) in [6.45, 7) is 4.38. The van der Waals surface area contributed by atoms with Crippen molar-refractivity contribution in [1.29, 1.82) is 0 Å². The Morgan fingerprint density at radius 1 is 1.42 bits per heavy atom. The van der Waals surface area contributed by atoms with E-state index in [0.717, 1.165) is 22.6 Å². The standard InChI is InChI=1S/C14H17N3O2/c1-10-3-4-11(2)13(5-10)19-8-14(18)16-7-12-6-15-9-17-12/h3-6,9H,7-8H2,1-2H3,(H,15,17)(H,16,18). The van der Waals surface area contributed by atoms with Crippen molar-refractivity contribution in [2.75, 3.05) is 6.61 Å². The number of benzene rings is 1. The van der Waals surface area contributed by atoms with Gasteiger partial charge in [0.2, 0.25) is 0 Å². The molecule has 100 valence electrons. The first kappa shape index (κ1) is 13.1. The van der Waals surface area contributed by atoms with Crippen LogP contribution in [0.15, 0.2) is 30.7 Å². The average molecular weight is 259 g/mol. The molecule has 0 spiro atoms. The van der Waals surface area contributed by atoms with E-state index < -0.39 is 0 Å². The predicted molar refractivity (Wildman–Crippen MR) is 71.8 cm³/mol.